The van der Waals surface area contributed by atoms with Gasteiger partial charge in [0, 0.05) is 19.2 Å². The van der Waals surface area contributed by atoms with E-state index < -0.39 is 0 Å². The highest BCUT2D eigenvalue weighted by molar-refractivity contribution is 9.10. The van der Waals surface area contributed by atoms with Gasteiger partial charge in [0.15, 0.2) is 0 Å². The standard InChI is InChI=1S/C21H24BrNO4/c1-23(21(24)27-14-16-7-3-2-4-8-16)13-17-9-5-11-19(22)20(17)26-15-18-10-6-12-25-18/h2-5,7-9,11,18H,6,10,12-15H2,1H3. The second-order valence-electron chi connectivity index (χ2n) is 6.57. The molecule has 0 N–H and O–H groups in total. The lowest BCUT2D eigenvalue weighted by Crippen LogP contribution is -2.27. The summed E-state index contributed by atoms with van der Waals surface area (Å²) in [6.45, 7) is 1.96. The average molecular weight is 434 g/mol. The van der Waals surface area contributed by atoms with Crippen molar-refractivity contribution in [2.45, 2.75) is 32.1 Å². The quantitative estimate of drug-likeness (QED) is 0.630. The van der Waals surface area contributed by atoms with E-state index in [1.807, 2.05) is 48.5 Å². The summed E-state index contributed by atoms with van der Waals surface area (Å²) in [5, 5.41) is 0. The van der Waals surface area contributed by atoms with Crippen LogP contribution < -0.4 is 4.74 Å². The summed E-state index contributed by atoms with van der Waals surface area (Å²) in [6, 6.07) is 15.5. The second-order valence-corrected chi connectivity index (χ2v) is 7.42. The van der Waals surface area contributed by atoms with Gasteiger partial charge in [0.2, 0.25) is 0 Å². The number of para-hydroxylation sites is 1. The Hall–Kier alpha value is -2.05. The summed E-state index contributed by atoms with van der Waals surface area (Å²) >= 11 is 3.54. The Morgan fingerprint density at radius 2 is 2.04 bits per heavy atom. The van der Waals surface area contributed by atoms with E-state index in [1.54, 1.807) is 11.9 Å². The number of rotatable bonds is 7. The van der Waals surface area contributed by atoms with E-state index in [1.165, 1.54) is 0 Å². The molecule has 1 atom stereocenters. The zero-order valence-electron chi connectivity index (χ0n) is 15.4. The maximum absolute atomic E-state index is 12.3. The topological polar surface area (TPSA) is 48.0 Å². The molecule has 0 spiro atoms. The molecule has 0 aromatic heterocycles. The number of carbonyl (C=O) groups excluding carboxylic acids is 1. The molecule has 1 amide bonds. The number of hydrogen-bond donors (Lipinski definition) is 0. The highest BCUT2D eigenvalue weighted by Crippen LogP contribution is 2.31. The van der Waals surface area contributed by atoms with Gasteiger partial charge in [0.05, 0.1) is 17.1 Å². The van der Waals surface area contributed by atoms with Crippen LogP contribution >= 0.6 is 15.9 Å². The molecule has 1 heterocycles. The summed E-state index contributed by atoms with van der Waals surface area (Å²) in [4.78, 5) is 13.9. The van der Waals surface area contributed by atoms with Gasteiger partial charge >= 0.3 is 6.09 Å². The van der Waals surface area contributed by atoms with E-state index in [2.05, 4.69) is 15.9 Å². The van der Waals surface area contributed by atoms with Gasteiger partial charge in [-0.1, -0.05) is 42.5 Å². The molecule has 1 saturated heterocycles. The second kappa shape index (κ2) is 9.76. The van der Waals surface area contributed by atoms with E-state index in [-0.39, 0.29) is 18.8 Å². The van der Waals surface area contributed by atoms with Gasteiger partial charge in [0.25, 0.3) is 0 Å². The Balaban J connectivity index is 1.58. The van der Waals surface area contributed by atoms with Crippen molar-refractivity contribution in [2.24, 2.45) is 0 Å². The van der Waals surface area contributed by atoms with Crippen LogP contribution in [0.1, 0.15) is 24.0 Å². The van der Waals surface area contributed by atoms with Gasteiger partial charge < -0.3 is 19.1 Å². The molecule has 2 aromatic carbocycles. The summed E-state index contributed by atoms with van der Waals surface area (Å²) in [5.41, 5.74) is 1.88. The fourth-order valence-corrected chi connectivity index (χ4v) is 3.46. The summed E-state index contributed by atoms with van der Waals surface area (Å²) in [6.07, 6.45) is 1.86. The third-order valence-electron chi connectivity index (χ3n) is 4.41. The molecule has 0 bridgehead atoms. The summed E-state index contributed by atoms with van der Waals surface area (Å²) < 4.78 is 17.9. The predicted octanol–water partition coefficient (Wildman–Crippen LogP) is 4.78. The van der Waals surface area contributed by atoms with Crippen molar-refractivity contribution >= 4 is 22.0 Å². The van der Waals surface area contributed by atoms with E-state index >= 15 is 0 Å². The molecule has 6 heteroatoms. The molecule has 0 radical (unpaired) electrons. The van der Waals surface area contributed by atoms with Gasteiger partial charge in [0.1, 0.15) is 19.0 Å². The Bertz CT molecular complexity index is 747. The van der Waals surface area contributed by atoms with Crippen molar-refractivity contribution in [3.63, 3.8) is 0 Å². The monoisotopic (exact) mass is 433 g/mol. The van der Waals surface area contributed by atoms with Gasteiger partial charge in [-0.2, -0.15) is 0 Å². The molecule has 0 aliphatic carbocycles. The minimum absolute atomic E-state index is 0.138. The van der Waals surface area contributed by atoms with E-state index in [9.17, 15) is 4.79 Å². The zero-order valence-corrected chi connectivity index (χ0v) is 17.0. The maximum Gasteiger partial charge on any atom is 0.410 e. The molecule has 1 unspecified atom stereocenters. The summed E-state index contributed by atoms with van der Waals surface area (Å²) in [5.74, 6) is 0.746. The van der Waals surface area contributed by atoms with Crippen molar-refractivity contribution in [3.05, 3.63) is 64.1 Å². The smallest absolute Gasteiger partial charge is 0.410 e. The van der Waals surface area contributed by atoms with E-state index in [0.717, 1.165) is 40.8 Å². The Morgan fingerprint density at radius 1 is 1.22 bits per heavy atom. The molecule has 5 nitrogen and oxygen atoms in total. The number of ether oxygens (including phenoxy) is 3. The first-order valence-electron chi connectivity index (χ1n) is 9.07. The Labute approximate surface area is 168 Å². The van der Waals surface area contributed by atoms with Crippen LogP contribution in [0.2, 0.25) is 0 Å². The van der Waals surface area contributed by atoms with E-state index in [4.69, 9.17) is 14.2 Å². The Kier molecular flexibility index (Phi) is 7.12. The highest BCUT2D eigenvalue weighted by atomic mass is 79.9. The maximum atomic E-state index is 12.3. The molecule has 144 valence electrons. The minimum Gasteiger partial charge on any atom is -0.489 e. The van der Waals surface area contributed by atoms with Gasteiger partial charge in [-0.3, -0.25) is 0 Å². The zero-order chi connectivity index (χ0) is 19.1. The SMILES string of the molecule is CN(Cc1cccc(Br)c1OCC1CCCO1)C(=O)OCc1ccccc1. The number of carbonyl (C=O) groups is 1. The third kappa shape index (κ3) is 5.71. The molecule has 1 fully saturated rings. The number of hydrogen-bond acceptors (Lipinski definition) is 4. The van der Waals surface area contributed by atoms with Crippen LogP contribution in [0.3, 0.4) is 0 Å². The first kappa shape index (κ1) is 19.7. The molecule has 2 aromatic rings. The first-order chi connectivity index (χ1) is 13.1. The predicted molar refractivity (Wildman–Crippen MR) is 107 cm³/mol. The fraction of sp³-hybridized carbons (Fsp3) is 0.381. The van der Waals surface area contributed by atoms with Gasteiger partial charge in [-0.25, -0.2) is 4.79 Å². The van der Waals surface area contributed by atoms with Crippen LogP contribution in [0.5, 0.6) is 5.75 Å². The van der Waals surface area contributed by atoms with Gasteiger partial charge in [-0.15, -0.1) is 0 Å². The molecule has 27 heavy (non-hydrogen) atoms. The fourth-order valence-electron chi connectivity index (χ4n) is 2.94. The van der Waals surface area contributed by atoms with Crippen LogP contribution in [-0.4, -0.2) is 37.4 Å². The first-order valence-corrected chi connectivity index (χ1v) is 9.86. The molecular weight excluding hydrogens is 410 g/mol. The summed E-state index contributed by atoms with van der Waals surface area (Å²) in [7, 11) is 1.72. The van der Waals surface area contributed by atoms with Crippen molar-refractivity contribution in [1.82, 2.24) is 4.90 Å². The lowest BCUT2D eigenvalue weighted by atomic mass is 10.2. The molecule has 0 saturated carbocycles. The van der Waals surface area contributed by atoms with Crippen LogP contribution in [-0.2, 0) is 22.6 Å². The number of nitrogens with zero attached hydrogens (tertiary/aromatic N) is 1. The molecule has 1 aliphatic heterocycles. The van der Waals surface area contributed by atoms with Crippen molar-refractivity contribution in [3.8, 4) is 5.75 Å². The lowest BCUT2D eigenvalue weighted by Gasteiger charge is -2.20. The van der Waals surface area contributed by atoms with Crippen LogP contribution in [0.15, 0.2) is 53.0 Å². The molecular formula is C21H24BrNO4. The number of amides is 1. The van der Waals surface area contributed by atoms with Gasteiger partial charge in [-0.05, 0) is 40.4 Å². The number of benzene rings is 2. The van der Waals surface area contributed by atoms with Crippen LogP contribution in [0.4, 0.5) is 4.79 Å². The Morgan fingerprint density at radius 3 is 2.78 bits per heavy atom. The highest BCUT2D eigenvalue weighted by Gasteiger charge is 2.19. The minimum atomic E-state index is -0.371. The lowest BCUT2D eigenvalue weighted by molar-refractivity contribution is 0.0668. The van der Waals surface area contributed by atoms with Crippen molar-refractivity contribution < 1.29 is 19.0 Å². The van der Waals surface area contributed by atoms with Crippen molar-refractivity contribution in [1.29, 1.82) is 0 Å². The van der Waals surface area contributed by atoms with Crippen LogP contribution in [0.25, 0.3) is 0 Å². The van der Waals surface area contributed by atoms with E-state index in [0.29, 0.717) is 13.2 Å². The number of halogens is 1. The van der Waals surface area contributed by atoms with Crippen LogP contribution in [0, 0.1) is 0 Å². The molecule has 3 rings (SSSR count). The molecule has 1 aliphatic rings. The largest absolute Gasteiger partial charge is 0.489 e. The van der Waals surface area contributed by atoms with Crippen molar-refractivity contribution in [2.75, 3.05) is 20.3 Å². The normalized spacial score (nSPS) is 16.1. The third-order valence-corrected chi connectivity index (χ3v) is 5.03. The average Bonchev–Trinajstić information content (AvgIpc) is 3.20.